The zero-order chi connectivity index (χ0) is 13.9. The molecule has 2 fully saturated rings. The molecule has 1 aliphatic heterocycles. The van der Waals surface area contributed by atoms with E-state index in [1.165, 1.54) is 12.8 Å². The maximum atomic E-state index is 12.5. The summed E-state index contributed by atoms with van der Waals surface area (Å²) in [5, 5.41) is 0. The van der Waals surface area contributed by atoms with Crippen LogP contribution in [-0.4, -0.2) is 37.9 Å². The van der Waals surface area contributed by atoms with Gasteiger partial charge in [-0.2, -0.15) is 17.4 Å². The topological polar surface area (TPSA) is 75.4 Å². The van der Waals surface area contributed by atoms with Gasteiger partial charge in [-0.25, -0.2) is 0 Å². The van der Waals surface area contributed by atoms with Crippen LogP contribution in [0.15, 0.2) is 0 Å². The Morgan fingerprint density at radius 1 is 1.21 bits per heavy atom. The highest BCUT2D eigenvalue weighted by Crippen LogP contribution is 2.28. The quantitative estimate of drug-likeness (QED) is 0.799. The van der Waals surface area contributed by atoms with Gasteiger partial charge in [0.1, 0.15) is 0 Å². The van der Waals surface area contributed by atoms with Gasteiger partial charge >= 0.3 is 0 Å². The highest BCUT2D eigenvalue weighted by atomic mass is 32.2. The molecule has 0 aromatic rings. The maximum Gasteiger partial charge on any atom is 0.279 e. The molecule has 112 valence electrons. The van der Waals surface area contributed by atoms with E-state index >= 15 is 0 Å². The summed E-state index contributed by atoms with van der Waals surface area (Å²) in [5.41, 5.74) is 5.78. The van der Waals surface area contributed by atoms with E-state index < -0.39 is 10.2 Å². The second-order valence-corrected chi connectivity index (χ2v) is 7.62. The summed E-state index contributed by atoms with van der Waals surface area (Å²) in [7, 11) is -3.38. The van der Waals surface area contributed by atoms with E-state index in [9.17, 15) is 8.42 Å². The van der Waals surface area contributed by atoms with Crippen molar-refractivity contribution in [1.82, 2.24) is 9.03 Å². The van der Waals surface area contributed by atoms with Crippen molar-refractivity contribution < 1.29 is 8.42 Å². The Bertz CT molecular complexity index is 379. The fourth-order valence-corrected chi connectivity index (χ4v) is 5.14. The Morgan fingerprint density at radius 3 is 2.42 bits per heavy atom. The van der Waals surface area contributed by atoms with Crippen molar-refractivity contribution in [2.24, 2.45) is 11.7 Å². The molecule has 1 aliphatic carbocycles. The monoisotopic (exact) mass is 289 g/mol. The van der Waals surface area contributed by atoms with Crippen LogP contribution in [0, 0.1) is 5.92 Å². The van der Waals surface area contributed by atoms with E-state index in [0.29, 0.717) is 19.0 Å². The summed E-state index contributed by atoms with van der Waals surface area (Å²) in [4.78, 5) is 0. The lowest BCUT2D eigenvalue weighted by molar-refractivity contribution is 0.260. The summed E-state index contributed by atoms with van der Waals surface area (Å²) >= 11 is 0. The number of piperidine rings is 1. The Kier molecular flexibility index (Phi) is 5.22. The van der Waals surface area contributed by atoms with Gasteiger partial charge in [-0.05, 0) is 38.5 Å². The van der Waals surface area contributed by atoms with Gasteiger partial charge in [-0.3, -0.25) is 0 Å². The second kappa shape index (κ2) is 6.52. The van der Waals surface area contributed by atoms with Gasteiger partial charge in [-0.1, -0.05) is 19.3 Å². The second-order valence-electron chi connectivity index (χ2n) is 5.97. The molecule has 2 unspecified atom stereocenters. The van der Waals surface area contributed by atoms with E-state index in [4.69, 9.17) is 5.73 Å². The predicted octanol–water partition coefficient (Wildman–Crippen LogP) is 1.21. The molecule has 0 aromatic heterocycles. The first-order valence-corrected chi connectivity index (χ1v) is 8.98. The highest BCUT2D eigenvalue weighted by molar-refractivity contribution is 7.87. The van der Waals surface area contributed by atoms with Crippen LogP contribution in [0.5, 0.6) is 0 Å². The molecular formula is C13H27N3O2S. The van der Waals surface area contributed by atoms with E-state index in [2.05, 4.69) is 4.72 Å². The molecule has 0 aromatic carbocycles. The molecule has 3 N–H and O–H groups in total. The molecule has 2 aliphatic rings. The third-order valence-electron chi connectivity index (χ3n) is 4.57. The number of rotatable bonds is 5. The molecule has 1 heterocycles. The first kappa shape index (κ1) is 15.2. The molecule has 0 radical (unpaired) electrons. The first-order chi connectivity index (χ1) is 9.04. The van der Waals surface area contributed by atoms with Gasteiger partial charge in [0.05, 0.1) is 0 Å². The highest BCUT2D eigenvalue weighted by Gasteiger charge is 2.33. The first-order valence-electron chi connectivity index (χ1n) is 7.54. The molecular weight excluding hydrogens is 262 g/mol. The fraction of sp³-hybridized carbons (Fsp3) is 1.00. The lowest BCUT2D eigenvalue weighted by Crippen LogP contribution is -2.53. The van der Waals surface area contributed by atoms with Crippen molar-refractivity contribution in [2.75, 3.05) is 13.1 Å². The van der Waals surface area contributed by atoms with E-state index in [1.807, 2.05) is 6.92 Å². The Balaban J connectivity index is 2.01. The molecule has 6 heteroatoms. The Morgan fingerprint density at radius 2 is 1.84 bits per heavy atom. The minimum atomic E-state index is -3.38. The van der Waals surface area contributed by atoms with Crippen LogP contribution in [0.2, 0.25) is 0 Å². The Labute approximate surface area is 117 Å². The smallest absolute Gasteiger partial charge is 0.279 e. The Hall–Kier alpha value is -0.170. The zero-order valence-corrected chi connectivity index (χ0v) is 12.7. The normalized spacial score (nSPS) is 28.6. The van der Waals surface area contributed by atoms with Crippen LogP contribution in [0.4, 0.5) is 0 Å². The van der Waals surface area contributed by atoms with Crippen molar-refractivity contribution in [2.45, 2.75) is 64.0 Å². The van der Waals surface area contributed by atoms with Crippen LogP contribution >= 0.6 is 0 Å². The predicted molar refractivity (Wildman–Crippen MR) is 76.9 cm³/mol. The SMILES string of the molecule is CC1CCCCN1S(=O)(=O)NC(CN)C1CCCC1. The minimum Gasteiger partial charge on any atom is -0.329 e. The van der Waals surface area contributed by atoms with Crippen LogP contribution < -0.4 is 10.5 Å². The molecule has 19 heavy (non-hydrogen) atoms. The lowest BCUT2D eigenvalue weighted by Gasteiger charge is -2.34. The summed E-state index contributed by atoms with van der Waals surface area (Å²) in [5.74, 6) is 0.417. The summed E-state index contributed by atoms with van der Waals surface area (Å²) in [6.07, 6.45) is 7.63. The van der Waals surface area contributed by atoms with Gasteiger partial charge in [0.25, 0.3) is 10.2 Å². The molecule has 1 saturated carbocycles. The van der Waals surface area contributed by atoms with Gasteiger partial charge in [0.2, 0.25) is 0 Å². The standard InChI is InChI=1S/C13H27N3O2S/c1-11-6-4-5-9-16(11)19(17,18)15-13(10-14)12-7-2-3-8-12/h11-13,15H,2-10,14H2,1H3. The average Bonchev–Trinajstić information content (AvgIpc) is 2.90. The molecule has 0 bridgehead atoms. The van der Waals surface area contributed by atoms with Crippen LogP contribution in [-0.2, 0) is 10.2 Å². The third-order valence-corrected chi connectivity index (χ3v) is 6.33. The zero-order valence-electron chi connectivity index (χ0n) is 11.8. The largest absolute Gasteiger partial charge is 0.329 e. The maximum absolute atomic E-state index is 12.5. The van der Waals surface area contributed by atoms with Gasteiger partial charge in [-0.15, -0.1) is 0 Å². The van der Waals surface area contributed by atoms with Crippen molar-refractivity contribution >= 4 is 10.2 Å². The van der Waals surface area contributed by atoms with Crippen molar-refractivity contribution in [3.8, 4) is 0 Å². The number of nitrogens with one attached hydrogen (secondary N) is 1. The number of nitrogens with two attached hydrogens (primary N) is 1. The molecule has 1 saturated heterocycles. The minimum absolute atomic E-state index is 0.0957. The summed E-state index contributed by atoms with van der Waals surface area (Å²) in [6.45, 7) is 3.02. The van der Waals surface area contributed by atoms with Gasteiger partial charge < -0.3 is 5.73 Å². The van der Waals surface area contributed by atoms with Gasteiger partial charge in [0, 0.05) is 25.2 Å². The fourth-order valence-electron chi connectivity index (χ4n) is 3.38. The van der Waals surface area contributed by atoms with Crippen molar-refractivity contribution in [3.63, 3.8) is 0 Å². The number of hydrogen-bond donors (Lipinski definition) is 2. The molecule has 0 spiro atoms. The third kappa shape index (κ3) is 3.68. The number of nitrogens with zero attached hydrogens (tertiary/aromatic N) is 1. The average molecular weight is 289 g/mol. The molecule has 2 atom stereocenters. The summed E-state index contributed by atoms with van der Waals surface area (Å²) < 4.78 is 29.4. The number of hydrogen-bond acceptors (Lipinski definition) is 3. The van der Waals surface area contributed by atoms with Crippen molar-refractivity contribution in [3.05, 3.63) is 0 Å². The van der Waals surface area contributed by atoms with E-state index in [-0.39, 0.29) is 12.1 Å². The molecule has 2 rings (SSSR count). The van der Waals surface area contributed by atoms with Crippen LogP contribution in [0.1, 0.15) is 51.9 Å². The summed E-state index contributed by atoms with van der Waals surface area (Å²) in [6, 6.07) is 0.00915. The van der Waals surface area contributed by atoms with E-state index in [1.54, 1.807) is 4.31 Å². The van der Waals surface area contributed by atoms with Crippen molar-refractivity contribution in [1.29, 1.82) is 0 Å². The van der Waals surface area contributed by atoms with Crippen LogP contribution in [0.25, 0.3) is 0 Å². The van der Waals surface area contributed by atoms with E-state index in [0.717, 1.165) is 32.1 Å². The van der Waals surface area contributed by atoms with Gasteiger partial charge in [0.15, 0.2) is 0 Å². The molecule has 5 nitrogen and oxygen atoms in total. The lowest BCUT2D eigenvalue weighted by atomic mass is 9.99. The van der Waals surface area contributed by atoms with Crippen LogP contribution in [0.3, 0.4) is 0 Å². The molecule has 0 amide bonds.